The van der Waals surface area contributed by atoms with E-state index >= 15 is 0 Å². The van der Waals surface area contributed by atoms with Gasteiger partial charge in [0.05, 0.1) is 18.9 Å². The normalized spacial score (nSPS) is 12.2. The Labute approximate surface area is 114 Å². The summed E-state index contributed by atoms with van der Waals surface area (Å²) in [4.78, 5) is 11.1. The minimum atomic E-state index is -0.215. The molecule has 1 aromatic rings. The van der Waals surface area contributed by atoms with Gasteiger partial charge in [-0.15, -0.1) is 11.6 Å². The second-order valence-corrected chi connectivity index (χ2v) is 4.98. The van der Waals surface area contributed by atoms with Crippen molar-refractivity contribution in [2.45, 2.75) is 44.4 Å². The van der Waals surface area contributed by atoms with Crippen LogP contribution in [0.15, 0.2) is 24.3 Å². The lowest BCUT2D eigenvalue weighted by Crippen LogP contribution is -2.04. The minimum Gasteiger partial charge on any atom is -0.469 e. The molecule has 0 bridgehead atoms. The van der Waals surface area contributed by atoms with Crippen LogP contribution in [0.2, 0.25) is 0 Å². The van der Waals surface area contributed by atoms with Gasteiger partial charge in [-0.3, -0.25) is 4.79 Å². The fraction of sp³-hybridized carbons (Fsp3) is 0.533. The van der Waals surface area contributed by atoms with E-state index in [0.29, 0.717) is 6.42 Å². The summed E-state index contributed by atoms with van der Waals surface area (Å²) in [5.74, 6) is -0.215. The van der Waals surface area contributed by atoms with Gasteiger partial charge in [-0.2, -0.15) is 0 Å². The summed E-state index contributed by atoms with van der Waals surface area (Å²) in [5, 5.41) is 0.0729. The average Bonchev–Trinajstić information content (AvgIpc) is 2.39. The van der Waals surface area contributed by atoms with Gasteiger partial charge in [-0.25, -0.2) is 0 Å². The third-order valence-electron chi connectivity index (χ3n) is 2.98. The number of carbonyl (C=O) groups is 1. The number of hydrogen-bond donors (Lipinski definition) is 0. The van der Waals surface area contributed by atoms with Crippen LogP contribution >= 0.6 is 11.6 Å². The molecule has 0 N–H and O–H groups in total. The van der Waals surface area contributed by atoms with E-state index in [1.807, 2.05) is 24.3 Å². The van der Waals surface area contributed by atoms with Gasteiger partial charge in [0.15, 0.2) is 0 Å². The number of hydrogen-bond acceptors (Lipinski definition) is 2. The molecule has 1 unspecified atom stereocenters. The van der Waals surface area contributed by atoms with E-state index in [1.54, 1.807) is 0 Å². The Morgan fingerprint density at radius 1 is 1.28 bits per heavy atom. The maximum atomic E-state index is 11.1. The Morgan fingerprint density at radius 2 is 1.94 bits per heavy atom. The van der Waals surface area contributed by atoms with Gasteiger partial charge < -0.3 is 4.74 Å². The third-order valence-corrected chi connectivity index (χ3v) is 3.45. The Balaban J connectivity index is 2.51. The minimum absolute atomic E-state index is 0.0729. The maximum Gasteiger partial charge on any atom is 0.309 e. The first kappa shape index (κ1) is 15.0. The molecule has 1 atom stereocenters. The molecule has 0 spiro atoms. The molecule has 0 saturated heterocycles. The van der Waals surface area contributed by atoms with Crippen molar-refractivity contribution in [3.63, 3.8) is 0 Å². The predicted octanol–water partition coefficient (Wildman–Crippen LogP) is 4.26. The molecule has 0 aliphatic heterocycles. The molecule has 1 aromatic carbocycles. The summed E-state index contributed by atoms with van der Waals surface area (Å²) in [6.45, 7) is 2.19. The summed E-state index contributed by atoms with van der Waals surface area (Å²) in [6, 6.07) is 7.90. The van der Waals surface area contributed by atoms with Crippen LogP contribution in [0.3, 0.4) is 0 Å². The largest absolute Gasteiger partial charge is 0.469 e. The molecule has 18 heavy (non-hydrogen) atoms. The van der Waals surface area contributed by atoms with E-state index in [9.17, 15) is 4.79 Å². The first-order chi connectivity index (χ1) is 8.67. The fourth-order valence-electron chi connectivity index (χ4n) is 1.82. The van der Waals surface area contributed by atoms with Crippen LogP contribution in [-0.4, -0.2) is 13.1 Å². The number of unbranched alkanes of at least 4 members (excludes halogenated alkanes) is 2. The lowest BCUT2D eigenvalue weighted by molar-refractivity contribution is -0.139. The van der Waals surface area contributed by atoms with Crippen molar-refractivity contribution in [1.82, 2.24) is 0 Å². The standard InChI is InChI=1S/C15H21ClO2/c1-3-4-5-6-14(16)13-9-7-12(8-10-13)11-15(17)18-2/h7-10,14H,3-6,11H2,1-2H3. The van der Waals surface area contributed by atoms with Crippen LogP contribution < -0.4 is 0 Å². The second-order valence-electron chi connectivity index (χ2n) is 4.46. The smallest absolute Gasteiger partial charge is 0.309 e. The van der Waals surface area contributed by atoms with Gasteiger partial charge in [-0.05, 0) is 17.5 Å². The lowest BCUT2D eigenvalue weighted by Gasteiger charge is -2.10. The zero-order valence-corrected chi connectivity index (χ0v) is 11.9. The number of alkyl halides is 1. The van der Waals surface area contributed by atoms with Crippen molar-refractivity contribution in [2.24, 2.45) is 0 Å². The molecule has 0 aliphatic carbocycles. The Hall–Kier alpha value is -1.02. The van der Waals surface area contributed by atoms with Crippen molar-refractivity contribution < 1.29 is 9.53 Å². The van der Waals surface area contributed by atoms with E-state index in [4.69, 9.17) is 11.6 Å². The first-order valence-corrected chi connectivity index (χ1v) is 6.90. The van der Waals surface area contributed by atoms with Crippen molar-refractivity contribution in [2.75, 3.05) is 7.11 Å². The number of esters is 1. The van der Waals surface area contributed by atoms with Crippen molar-refractivity contribution in [3.8, 4) is 0 Å². The molecule has 0 radical (unpaired) electrons. The van der Waals surface area contributed by atoms with Crippen LogP contribution in [0.1, 0.15) is 49.1 Å². The van der Waals surface area contributed by atoms with Crippen molar-refractivity contribution in [1.29, 1.82) is 0 Å². The summed E-state index contributed by atoms with van der Waals surface area (Å²) >= 11 is 6.34. The number of carbonyl (C=O) groups excluding carboxylic acids is 1. The van der Waals surface area contributed by atoms with E-state index in [1.165, 1.54) is 20.0 Å². The summed E-state index contributed by atoms with van der Waals surface area (Å²) < 4.78 is 4.63. The molecule has 2 nitrogen and oxygen atoms in total. The number of rotatable bonds is 7. The van der Waals surface area contributed by atoms with Gasteiger partial charge in [0.2, 0.25) is 0 Å². The molecule has 0 saturated carbocycles. The molecule has 3 heteroatoms. The Morgan fingerprint density at radius 3 is 2.50 bits per heavy atom. The first-order valence-electron chi connectivity index (χ1n) is 6.47. The zero-order chi connectivity index (χ0) is 13.4. The lowest BCUT2D eigenvalue weighted by atomic mass is 10.0. The SMILES string of the molecule is CCCCCC(Cl)c1ccc(CC(=O)OC)cc1. The van der Waals surface area contributed by atoms with Crippen LogP contribution in [0.4, 0.5) is 0 Å². The van der Waals surface area contributed by atoms with E-state index < -0.39 is 0 Å². The predicted molar refractivity (Wildman–Crippen MR) is 74.9 cm³/mol. The molecule has 1 rings (SSSR count). The fourth-order valence-corrected chi connectivity index (χ4v) is 2.12. The van der Waals surface area contributed by atoms with Crippen LogP contribution in [0.25, 0.3) is 0 Å². The summed E-state index contributed by atoms with van der Waals surface area (Å²) in [7, 11) is 1.40. The molecular formula is C15H21ClO2. The van der Waals surface area contributed by atoms with Crippen LogP contribution in [0.5, 0.6) is 0 Å². The van der Waals surface area contributed by atoms with Crippen molar-refractivity contribution >= 4 is 17.6 Å². The molecule has 100 valence electrons. The van der Waals surface area contributed by atoms with E-state index in [0.717, 1.165) is 24.0 Å². The molecule has 0 fully saturated rings. The topological polar surface area (TPSA) is 26.3 Å². The van der Waals surface area contributed by atoms with Gasteiger partial charge in [0.1, 0.15) is 0 Å². The Kier molecular flexibility index (Phi) is 6.81. The van der Waals surface area contributed by atoms with Crippen LogP contribution in [-0.2, 0) is 16.0 Å². The molecule has 0 amide bonds. The highest BCUT2D eigenvalue weighted by molar-refractivity contribution is 6.20. The third kappa shape index (κ3) is 5.09. The van der Waals surface area contributed by atoms with E-state index in [2.05, 4.69) is 11.7 Å². The highest BCUT2D eigenvalue weighted by Crippen LogP contribution is 2.26. The summed E-state index contributed by atoms with van der Waals surface area (Å²) in [5.41, 5.74) is 2.09. The molecule has 0 aliphatic rings. The second kappa shape index (κ2) is 8.15. The van der Waals surface area contributed by atoms with Gasteiger partial charge in [0, 0.05) is 0 Å². The number of methoxy groups -OCH3 is 1. The van der Waals surface area contributed by atoms with Gasteiger partial charge in [0.25, 0.3) is 0 Å². The molecule has 0 heterocycles. The van der Waals surface area contributed by atoms with Crippen LogP contribution in [0, 0.1) is 0 Å². The average molecular weight is 269 g/mol. The monoisotopic (exact) mass is 268 g/mol. The maximum absolute atomic E-state index is 11.1. The quantitative estimate of drug-likeness (QED) is 0.420. The van der Waals surface area contributed by atoms with Gasteiger partial charge >= 0.3 is 5.97 Å². The molecule has 0 aromatic heterocycles. The van der Waals surface area contributed by atoms with Gasteiger partial charge in [-0.1, -0.05) is 50.5 Å². The molecular weight excluding hydrogens is 248 g/mol. The van der Waals surface area contributed by atoms with Crippen molar-refractivity contribution in [3.05, 3.63) is 35.4 Å². The zero-order valence-electron chi connectivity index (χ0n) is 11.1. The Bertz CT molecular complexity index is 359. The summed E-state index contributed by atoms with van der Waals surface area (Å²) in [6.07, 6.45) is 4.92. The van der Waals surface area contributed by atoms with E-state index in [-0.39, 0.29) is 11.3 Å². The number of halogens is 1. The highest BCUT2D eigenvalue weighted by atomic mass is 35.5. The number of ether oxygens (including phenoxy) is 1. The number of benzene rings is 1. The highest BCUT2D eigenvalue weighted by Gasteiger charge is 2.08.